The second-order valence-electron chi connectivity index (χ2n) is 4.92. The molecule has 0 bridgehead atoms. The first-order chi connectivity index (χ1) is 8.83. The lowest BCUT2D eigenvalue weighted by molar-refractivity contribution is 0.530. The molecule has 0 fully saturated rings. The van der Waals surface area contributed by atoms with Gasteiger partial charge in [0.2, 0.25) is 0 Å². The number of nitrogens with one attached hydrogen (secondary N) is 1. The molecule has 1 aliphatic carbocycles. The van der Waals surface area contributed by atoms with Crippen LogP contribution in [0.4, 0.5) is 5.69 Å². The van der Waals surface area contributed by atoms with Crippen molar-refractivity contribution in [2.24, 2.45) is 0 Å². The SMILES string of the molecule is Nc1cccc(CNC2CCc3ccccc32)c1. The van der Waals surface area contributed by atoms with E-state index in [4.69, 9.17) is 5.73 Å². The molecular formula is C16H18N2. The quantitative estimate of drug-likeness (QED) is 0.807. The van der Waals surface area contributed by atoms with Crippen molar-refractivity contribution in [3.05, 3.63) is 65.2 Å². The Balaban J connectivity index is 1.69. The number of hydrogen-bond donors (Lipinski definition) is 2. The van der Waals surface area contributed by atoms with Crippen LogP contribution in [0, 0.1) is 0 Å². The second kappa shape index (κ2) is 4.83. The van der Waals surface area contributed by atoms with E-state index in [2.05, 4.69) is 35.6 Å². The summed E-state index contributed by atoms with van der Waals surface area (Å²) in [7, 11) is 0. The predicted molar refractivity (Wildman–Crippen MR) is 75.2 cm³/mol. The number of nitrogen functional groups attached to an aromatic ring is 1. The van der Waals surface area contributed by atoms with Gasteiger partial charge in [0.15, 0.2) is 0 Å². The zero-order valence-corrected chi connectivity index (χ0v) is 10.4. The topological polar surface area (TPSA) is 38.0 Å². The third-order valence-corrected chi connectivity index (χ3v) is 3.64. The van der Waals surface area contributed by atoms with E-state index >= 15 is 0 Å². The average Bonchev–Trinajstić information content (AvgIpc) is 2.80. The molecule has 2 aromatic carbocycles. The third-order valence-electron chi connectivity index (χ3n) is 3.64. The van der Waals surface area contributed by atoms with Crippen LogP contribution in [0.5, 0.6) is 0 Å². The van der Waals surface area contributed by atoms with E-state index in [1.807, 2.05) is 18.2 Å². The third kappa shape index (κ3) is 2.24. The summed E-state index contributed by atoms with van der Waals surface area (Å²) < 4.78 is 0. The predicted octanol–water partition coefficient (Wildman–Crippen LogP) is 3.05. The van der Waals surface area contributed by atoms with Gasteiger partial charge in [-0.2, -0.15) is 0 Å². The highest BCUT2D eigenvalue weighted by atomic mass is 14.9. The molecule has 92 valence electrons. The highest BCUT2D eigenvalue weighted by molar-refractivity contribution is 5.40. The number of rotatable bonds is 3. The average molecular weight is 238 g/mol. The Labute approximate surface area is 108 Å². The molecule has 1 aliphatic rings. The molecule has 18 heavy (non-hydrogen) atoms. The van der Waals surface area contributed by atoms with Gasteiger partial charge in [-0.25, -0.2) is 0 Å². The highest BCUT2D eigenvalue weighted by Crippen LogP contribution is 2.30. The standard InChI is InChI=1S/C16H18N2/c17-14-6-3-4-12(10-14)11-18-16-9-8-13-5-1-2-7-15(13)16/h1-7,10,16,18H,8-9,11,17H2. The van der Waals surface area contributed by atoms with Gasteiger partial charge in [0.1, 0.15) is 0 Å². The normalized spacial score (nSPS) is 17.7. The highest BCUT2D eigenvalue weighted by Gasteiger charge is 2.20. The molecule has 0 heterocycles. The van der Waals surface area contributed by atoms with Crippen molar-refractivity contribution >= 4 is 5.69 Å². The van der Waals surface area contributed by atoms with Crippen LogP contribution in [0.3, 0.4) is 0 Å². The minimum absolute atomic E-state index is 0.489. The first-order valence-corrected chi connectivity index (χ1v) is 6.48. The van der Waals surface area contributed by atoms with Crippen LogP contribution in [0.15, 0.2) is 48.5 Å². The molecule has 2 nitrogen and oxygen atoms in total. The lowest BCUT2D eigenvalue weighted by Crippen LogP contribution is -2.18. The largest absolute Gasteiger partial charge is 0.399 e. The molecule has 0 aliphatic heterocycles. The van der Waals surface area contributed by atoms with Crippen molar-refractivity contribution in [2.45, 2.75) is 25.4 Å². The minimum atomic E-state index is 0.489. The first-order valence-electron chi connectivity index (χ1n) is 6.48. The molecular weight excluding hydrogens is 220 g/mol. The fourth-order valence-corrected chi connectivity index (χ4v) is 2.71. The summed E-state index contributed by atoms with van der Waals surface area (Å²) in [5.74, 6) is 0. The van der Waals surface area contributed by atoms with Gasteiger partial charge in [0, 0.05) is 18.3 Å². The molecule has 2 heteroatoms. The Morgan fingerprint density at radius 3 is 2.89 bits per heavy atom. The van der Waals surface area contributed by atoms with Crippen LogP contribution in [-0.4, -0.2) is 0 Å². The number of fused-ring (bicyclic) bond motifs is 1. The van der Waals surface area contributed by atoms with Crippen LogP contribution in [-0.2, 0) is 13.0 Å². The first kappa shape index (κ1) is 11.3. The molecule has 2 aromatic rings. The Morgan fingerprint density at radius 2 is 2.00 bits per heavy atom. The van der Waals surface area contributed by atoms with Crippen molar-refractivity contribution in [3.8, 4) is 0 Å². The molecule has 3 rings (SSSR count). The maximum atomic E-state index is 5.79. The van der Waals surface area contributed by atoms with Crippen LogP contribution in [0.2, 0.25) is 0 Å². The summed E-state index contributed by atoms with van der Waals surface area (Å²) in [6.07, 6.45) is 2.38. The lowest BCUT2D eigenvalue weighted by atomic mass is 10.1. The van der Waals surface area contributed by atoms with Gasteiger partial charge < -0.3 is 11.1 Å². The molecule has 3 N–H and O–H groups in total. The van der Waals surface area contributed by atoms with Crippen molar-refractivity contribution in [1.29, 1.82) is 0 Å². The Hall–Kier alpha value is -1.80. The van der Waals surface area contributed by atoms with Gasteiger partial charge in [-0.3, -0.25) is 0 Å². The van der Waals surface area contributed by atoms with E-state index in [0.29, 0.717) is 6.04 Å². The lowest BCUT2D eigenvalue weighted by Gasteiger charge is -2.14. The van der Waals surface area contributed by atoms with Crippen LogP contribution >= 0.6 is 0 Å². The van der Waals surface area contributed by atoms with Crippen LogP contribution < -0.4 is 11.1 Å². The maximum Gasteiger partial charge on any atom is 0.0329 e. The molecule has 0 aromatic heterocycles. The zero-order valence-electron chi connectivity index (χ0n) is 10.4. The summed E-state index contributed by atoms with van der Waals surface area (Å²) in [4.78, 5) is 0. The number of anilines is 1. The van der Waals surface area contributed by atoms with E-state index in [9.17, 15) is 0 Å². The minimum Gasteiger partial charge on any atom is -0.399 e. The molecule has 0 saturated carbocycles. The summed E-state index contributed by atoms with van der Waals surface area (Å²) in [5.41, 5.74) is 10.8. The Morgan fingerprint density at radius 1 is 1.11 bits per heavy atom. The summed E-state index contributed by atoms with van der Waals surface area (Å²) in [6.45, 7) is 0.879. The van der Waals surface area contributed by atoms with Crippen molar-refractivity contribution in [2.75, 3.05) is 5.73 Å². The van der Waals surface area contributed by atoms with E-state index in [1.54, 1.807) is 0 Å². The van der Waals surface area contributed by atoms with Gasteiger partial charge in [-0.1, -0.05) is 36.4 Å². The van der Waals surface area contributed by atoms with Crippen LogP contribution in [0.25, 0.3) is 0 Å². The molecule has 0 radical (unpaired) electrons. The second-order valence-corrected chi connectivity index (χ2v) is 4.92. The summed E-state index contributed by atoms with van der Waals surface area (Å²) in [6, 6.07) is 17.3. The number of nitrogens with two attached hydrogens (primary N) is 1. The monoisotopic (exact) mass is 238 g/mol. The molecule has 0 amide bonds. The molecule has 0 saturated heterocycles. The van der Waals surface area contributed by atoms with Gasteiger partial charge in [0.25, 0.3) is 0 Å². The van der Waals surface area contributed by atoms with Gasteiger partial charge in [-0.05, 0) is 41.7 Å². The van der Waals surface area contributed by atoms with Crippen LogP contribution in [0.1, 0.15) is 29.2 Å². The molecule has 1 unspecified atom stereocenters. The van der Waals surface area contributed by atoms with E-state index in [0.717, 1.165) is 12.2 Å². The number of hydrogen-bond acceptors (Lipinski definition) is 2. The van der Waals surface area contributed by atoms with E-state index < -0.39 is 0 Å². The molecule has 1 atom stereocenters. The van der Waals surface area contributed by atoms with E-state index in [1.165, 1.54) is 29.5 Å². The zero-order chi connectivity index (χ0) is 12.4. The van der Waals surface area contributed by atoms with Gasteiger partial charge in [-0.15, -0.1) is 0 Å². The van der Waals surface area contributed by atoms with Crippen molar-refractivity contribution in [3.63, 3.8) is 0 Å². The fraction of sp³-hybridized carbons (Fsp3) is 0.250. The summed E-state index contributed by atoms with van der Waals surface area (Å²) >= 11 is 0. The fourth-order valence-electron chi connectivity index (χ4n) is 2.71. The smallest absolute Gasteiger partial charge is 0.0329 e. The molecule has 0 spiro atoms. The summed E-state index contributed by atoms with van der Waals surface area (Å²) in [5, 5.41) is 3.63. The maximum absolute atomic E-state index is 5.79. The Bertz CT molecular complexity index is 548. The van der Waals surface area contributed by atoms with Crippen molar-refractivity contribution < 1.29 is 0 Å². The van der Waals surface area contributed by atoms with E-state index in [-0.39, 0.29) is 0 Å². The Kier molecular flexibility index (Phi) is 3.03. The van der Waals surface area contributed by atoms with Crippen molar-refractivity contribution in [1.82, 2.24) is 5.32 Å². The van der Waals surface area contributed by atoms with Gasteiger partial charge in [0.05, 0.1) is 0 Å². The van der Waals surface area contributed by atoms with Gasteiger partial charge >= 0.3 is 0 Å². The number of aryl methyl sites for hydroxylation is 1. The number of benzene rings is 2.